The molecule has 0 amide bonds. The molecule has 16 heavy (non-hydrogen) atoms. The van der Waals surface area contributed by atoms with Gasteiger partial charge in [0.05, 0.1) is 12.7 Å². The van der Waals surface area contributed by atoms with Crippen molar-refractivity contribution in [2.24, 2.45) is 0 Å². The van der Waals surface area contributed by atoms with Gasteiger partial charge >= 0.3 is 5.97 Å². The maximum Gasteiger partial charge on any atom is 0.331 e. The van der Waals surface area contributed by atoms with E-state index in [1.807, 2.05) is 6.92 Å². The van der Waals surface area contributed by atoms with Crippen molar-refractivity contribution in [2.75, 3.05) is 26.8 Å². The molecule has 0 saturated carbocycles. The third-order valence-corrected chi connectivity index (χ3v) is 2.16. The number of rotatable bonds is 9. The smallest absolute Gasteiger partial charge is 0.331 e. The Labute approximate surface area is 96.1 Å². The molecule has 0 heterocycles. The maximum atomic E-state index is 10.6. The van der Waals surface area contributed by atoms with Gasteiger partial charge in [0, 0.05) is 19.2 Å². The third kappa shape index (κ3) is 7.39. The predicted molar refractivity (Wildman–Crippen MR) is 61.4 cm³/mol. The predicted octanol–water partition coefficient (Wildman–Crippen LogP) is 0.394. The highest BCUT2D eigenvalue weighted by molar-refractivity contribution is 5.86. The number of carboxylic acids is 1. The van der Waals surface area contributed by atoms with Gasteiger partial charge in [0.1, 0.15) is 0 Å². The van der Waals surface area contributed by atoms with Crippen LogP contribution in [-0.4, -0.2) is 49.1 Å². The van der Waals surface area contributed by atoms with Crippen LogP contribution >= 0.6 is 0 Å². The van der Waals surface area contributed by atoms with Crippen molar-refractivity contribution in [3.63, 3.8) is 0 Å². The minimum atomic E-state index is -0.872. The lowest BCUT2D eigenvalue weighted by atomic mass is 10.2. The average molecular weight is 231 g/mol. The first-order valence-electron chi connectivity index (χ1n) is 5.41. The summed E-state index contributed by atoms with van der Waals surface area (Å²) in [4.78, 5) is 10.6. The molecule has 0 bridgehead atoms. The van der Waals surface area contributed by atoms with Gasteiger partial charge in [-0.1, -0.05) is 13.0 Å². The first-order valence-corrected chi connectivity index (χ1v) is 5.41. The summed E-state index contributed by atoms with van der Waals surface area (Å²) in [6, 6.07) is 0. The van der Waals surface area contributed by atoms with E-state index in [1.54, 1.807) is 13.2 Å². The molecule has 0 aromatic heterocycles. The molecule has 0 radical (unpaired) electrons. The minimum absolute atomic E-state index is 0.326. The number of nitrogens with one attached hydrogen (secondary N) is 1. The molecule has 5 nitrogen and oxygen atoms in total. The molecule has 0 spiro atoms. The van der Waals surface area contributed by atoms with Gasteiger partial charge in [0.25, 0.3) is 0 Å². The molecule has 0 saturated heterocycles. The van der Waals surface area contributed by atoms with E-state index in [0.717, 1.165) is 0 Å². The number of aliphatic hydroxyl groups excluding tert-OH is 1. The van der Waals surface area contributed by atoms with Crippen molar-refractivity contribution < 1.29 is 19.7 Å². The molecule has 0 aromatic carbocycles. The molecule has 0 aliphatic rings. The van der Waals surface area contributed by atoms with Crippen molar-refractivity contribution in [2.45, 2.75) is 25.9 Å². The molecule has 0 aromatic rings. The van der Waals surface area contributed by atoms with Crippen LogP contribution in [0.2, 0.25) is 0 Å². The van der Waals surface area contributed by atoms with Crippen molar-refractivity contribution >= 4 is 5.97 Å². The quantitative estimate of drug-likeness (QED) is 0.395. The monoisotopic (exact) mass is 231 g/mol. The molecule has 0 aliphatic carbocycles. The summed E-state index contributed by atoms with van der Waals surface area (Å²) < 4.78 is 4.78. The highest BCUT2D eigenvalue weighted by Crippen LogP contribution is 1.99. The Bertz CT molecular complexity index is 228. The standard InChI is InChI=1S/C11H21NO4/c1-3-9(11(14)15)4-6-12-7-5-10(13)8-16-2/h4,10,12-13H,3,5-8H2,1-2H3,(H,14,15). The zero-order chi connectivity index (χ0) is 12.4. The molecule has 5 heteroatoms. The molecule has 94 valence electrons. The second-order valence-electron chi connectivity index (χ2n) is 3.49. The van der Waals surface area contributed by atoms with Gasteiger partial charge in [-0.25, -0.2) is 4.79 Å². The largest absolute Gasteiger partial charge is 0.478 e. The Hall–Kier alpha value is -0.910. The Morgan fingerprint density at radius 1 is 1.56 bits per heavy atom. The first-order chi connectivity index (χ1) is 7.61. The van der Waals surface area contributed by atoms with Crippen molar-refractivity contribution in [3.05, 3.63) is 11.6 Å². The van der Waals surface area contributed by atoms with Crippen molar-refractivity contribution in [1.29, 1.82) is 0 Å². The van der Waals surface area contributed by atoms with Crippen LogP contribution in [0.1, 0.15) is 19.8 Å². The number of hydrogen-bond acceptors (Lipinski definition) is 4. The van der Waals surface area contributed by atoms with Crippen LogP contribution < -0.4 is 5.32 Å². The lowest BCUT2D eigenvalue weighted by Crippen LogP contribution is -2.23. The number of hydrogen-bond donors (Lipinski definition) is 3. The van der Waals surface area contributed by atoms with E-state index in [9.17, 15) is 9.90 Å². The Morgan fingerprint density at radius 2 is 2.25 bits per heavy atom. The normalized spacial score (nSPS) is 13.8. The zero-order valence-corrected chi connectivity index (χ0v) is 9.90. The summed E-state index contributed by atoms with van der Waals surface area (Å²) in [6.07, 6.45) is 2.30. The third-order valence-electron chi connectivity index (χ3n) is 2.16. The lowest BCUT2D eigenvalue weighted by molar-refractivity contribution is -0.132. The first kappa shape index (κ1) is 15.1. The van der Waals surface area contributed by atoms with E-state index >= 15 is 0 Å². The van der Waals surface area contributed by atoms with Gasteiger partial charge in [0.2, 0.25) is 0 Å². The lowest BCUT2D eigenvalue weighted by Gasteiger charge is -2.09. The van der Waals surface area contributed by atoms with E-state index in [4.69, 9.17) is 9.84 Å². The van der Waals surface area contributed by atoms with Gasteiger partial charge in [-0.2, -0.15) is 0 Å². The van der Waals surface area contributed by atoms with Gasteiger partial charge in [0.15, 0.2) is 0 Å². The number of aliphatic hydroxyl groups is 1. The zero-order valence-electron chi connectivity index (χ0n) is 9.90. The van der Waals surface area contributed by atoms with E-state index in [0.29, 0.717) is 38.1 Å². The number of carboxylic acid groups (broad SMARTS) is 1. The molecule has 0 fully saturated rings. The van der Waals surface area contributed by atoms with E-state index in [1.165, 1.54) is 0 Å². The SMILES string of the molecule is CCC(=CCNCCC(O)COC)C(=O)O. The number of ether oxygens (including phenoxy) is 1. The van der Waals surface area contributed by atoms with Crippen LogP contribution in [0.5, 0.6) is 0 Å². The van der Waals surface area contributed by atoms with Crippen LogP contribution in [0.25, 0.3) is 0 Å². The highest BCUT2D eigenvalue weighted by atomic mass is 16.5. The van der Waals surface area contributed by atoms with Crippen LogP contribution in [0.4, 0.5) is 0 Å². The fourth-order valence-electron chi connectivity index (χ4n) is 1.22. The second kappa shape index (κ2) is 9.33. The van der Waals surface area contributed by atoms with E-state index in [-0.39, 0.29) is 0 Å². The summed E-state index contributed by atoms with van der Waals surface area (Å²) in [6.45, 7) is 3.28. The fraction of sp³-hybridized carbons (Fsp3) is 0.727. The average Bonchev–Trinajstić information content (AvgIpc) is 2.23. The summed E-state index contributed by atoms with van der Waals surface area (Å²) in [5.41, 5.74) is 0.407. The molecule has 0 aliphatic heterocycles. The van der Waals surface area contributed by atoms with Crippen molar-refractivity contribution in [1.82, 2.24) is 5.32 Å². The van der Waals surface area contributed by atoms with Crippen LogP contribution in [0.15, 0.2) is 11.6 Å². The Morgan fingerprint density at radius 3 is 2.75 bits per heavy atom. The minimum Gasteiger partial charge on any atom is -0.478 e. The molecular weight excluding hydrogens is 210 g/mol. The van der Waals surface area contributed by atoms with Gasteiger partial charge in [-0.05, 0) is 19.4 Å². The Kier molecular flexibility index (Phi) is 8.80. The van der Waals surface area contributed by atoms with Gasteiger partial charge < -0.3 is 20.3 Å². The molecule has 1 unspecified atom stereocenters. The van der Waals surface area contributed by atoms with Crippen molar-refractivity contribution in [3.8, 4) is 0 Å². The van der Waals surface area contributed by atoms with E-state index in [2.05, 4.69) is 5.32 Å². The van der Waals surface area contributed by atoms with Gasteiger partial charge in [-0.15, -0.1) is 0 Å². The van der Waals surface area contributed by atoms with Crippen LogP contribution in [0, 0.1) is 0 Å². The summed E-state index contributed by atoms with van der Waals surface area (Å²) >= 11 is 0. The second-order valence-corrected chi connectivity index (χ2v) is 3.49. The summed E-state index contributed by atoms with van der Waals surface area (Å²) in [7, 11) is 1.54. The Balaban J connectivity index is 3.62. The molecule has 3 N–H and O–H groups in total. The van der Waals surface area contributed by atoms with Crippen LogP contribution in [-0.2, 0) is 9.53 Å². The topological polar surface area (TPSA) is 78.8 Å². The van der Waals surface area contributed by atoms with E-state index < -0.39 is 12.1 Å². The molecular formula is C11H21NO4. The molecule has 0 rings (SSSR count). The number of carbonyl (C=O) groups is 1. The molecule has 1 atom stereocenters. The number of methoxy groups -OCH3 is 1. The summed E-state index contributed by atoms with van der Waals surface area (Å²) in [5.74, 6) is -0.872. The number of aliphatic carboxylic acids is 1. The summed E-state index contributed by atoms with van der Waals surface area (Å²) in [5, 5.41) is 21.1. The van der Waals surface area contributed by atoms with Crippen LogP contribution in [0.3, 0.4) is 0 Å². The maximum absolute atomic E-state index is 10.6. The highest BCUT2D eigenvalue weighted by Gasteiger charge is 2.03. The van der Waals surface area contributed by atoms with Gasteiger partial charge in [-0.3, -0.25) is 0 Å². The fourth-order valence-corrected chi connectivity index (χ4v) is 1.22.